The Bertz CT molecular complexity index is 1260. The van der Waals surface area contributed by atoms with Crippen LogP contribution in [0.25, 0.3) is 0 Å². The van der Waals surface area contributed by atoms with Crippen molar-refractivity contribution >= 4 is 35.2 Å². The van der Waals surface area contributed by atoms with Gasteiger partial charge < -0.3 is 20.3 Å². The number of thioether (sulfide) groups is 1. The molecule has 3 aromatic carbocycles. The first-order valence-electron chi connectivity index (χ1n) is 12.4. The van der Waals surface area contributed by atoms with Crippen LogP contribution in [0.4, 0.5) is 5.69 Å². The van der Waals surface area contributed by atoms with Gasteiger partial charge in [-0.3, -0.25) is 14.4 Å². The summed E-state index contributed by atoms with van der Waals surface area (Å²) in [6.07, 6.45) is 1.99. The van der Waals surface area contributed by atoms with Crippen LogP contribution >= 0.6 is 11.8 Å². The number of benzene rings is 3. The number of nitrogens with one attached hydrogen (secondary N) is 2. The van der Waals surface area contributed by atoms with Crippen LogP contribution in [-0.4, -0.2) is 47.6 Å². The Hall–Kier alpha value is -3.62. The van der Waals surface area contributed by atoms with Crippen molar-refractivity contribution in [3.63, 3.8) is 0 Å². The fourth-order valence-electron chi connectivity index (χ4n) is 4.57. The highest BCUT2D eigenvalue weighted by atomic mass is 32.2. The molecular formula is C29H29N3O4S. The van der Waals surface area contributed by atoms with E-state index in [1.807, 2.05) is 47.4 Å². The second-order valence-corrected chi connectivity index (χ2v) is 10.2. The number of anilines is 1. The minimum atomic E-state index is -0.304. The molecule has 2 fully saturated rings. The number of hydrogen-bond donors (Lipinski definition) is 2. The maximum Gasteiger partial charge on any atom is 0.255 e. The Morgan fingerprint density at radius 1 is 0.946 bits per heavy atom. The minimum Gasteiger partial charge on any atom is -0.376 e. The lowest BCUT2D eigenvalue weighted by atomic mass is 10.1. The lowest BCUT2D eigenvalue weighted by molar-refractivity contribution is -0.128. The smallest absolute Gasteiger partial charge is 0.255 e. The molecule has 8 heteroatoms. The largest absolute Gasteiger partial charge is 0.376 e. The van der Waals surface area contributed by atoms with Crippen LogP contribution in [0.15, 0.2) is 78.9 Å². The molecule has 2 aliphatic heterocycles. The number of ether oxygens (including phenoxy) is 1. The van der Waals surface area contributed by atoms with Crippen molar-refractivity contribution in [2.24, 2.45) is 0 Å². The highest BCUT2D eigenvalue weighted by Gasteiger charge is 2.32. The van der Waals surface area contributed by atoms with E-state index < -0.39 is 0 Å². The first-order chi connectivity index (χ1) is 18.1. The number of nitrogens with zero attached hydrogens (tertiary/aromatic N) is 1. The zero-order valence-corrected chi connectivity index (χ0v) is 21.2. The van der Waals surface area contributed by atoms with Gasteiger partial charge in [-0.15, -0.1) is 11.8 Å². The van der Waals surface area contributed by atoms with Gasteiger partial charge in [-0.05, 0) is 48.2 Å². The van der Waals surface area contributed by atoms with Gasteiger partial charge in [0.15, 0.2) is 0 Å². The molecule has 5 rings (SSSR count). The molecule has 0 unspecified atom stereocenters. The number of para-hydroxylation sites is 1. The van der Waals surface area contributed by atoms with Crippen molar-refractivity contribution < 1.29 is 19.1 Å². The average molecular weight is 516 g/mol. The maximum absolute atomic E-state index is 13.0. The summed E-state index contributed by atoms with van der Waals surface area (Å²) in [7, 11) is 0. The molecule has 190 valence electrons. The number of carbonyl (C=O) groups is 3. The first-order valence-corrected chi connectivity index (χ1v) is 13.5. The normalized spacial score (nSPS) is 19.1. The third-order valence-electron chi connectivity index (χ3n) is 6.56. The fraction of sp³-hybridized carbons (Fsp3) is 0.276. The van der Waals surface area contributed by atoms with E-state index in [0.29, 0.717) is 35.7 Å². The molecule has 3 amide bonds. The third-order valence-corrected chi connectivity index (χ3v) is 7.81. The zero-order chi connectivity index (χ0) is 25.6. The van der Waals surface area contributed by atoms with E-state index in [4.69, 9.17) is 4.74 Å². The van der Waals surface area contributed by atoms with Crippen LogP contribution < -0.4 is 10.6 Å². The van der Waals surface area contributed by atoms with Crippen LogP contribution in [0.3, 0.4) is 0 Å². The molecule has 0 aliphatic carbocycles. The molecule has 0 bridgehead atoms. The van der Waals surface area contributed by atoms with E-state index in [0.717, 1.165) is 30.6 Å². The van der Waals surface area contributed by atoms with Crippen molar-refractivity contribution in [1.29, 1.82) is 0 Å². The van der Waals surface area contributed by atoms with Crippen molar-refractivity contribution in [3.8, 4) is 0 Å². The number of amides is 3. The van der Waals surface area contributed by atoms with E-state index in [2.05, 4.69) is 10.6 Å². The Morgan fingerprint density at radius 3 is 2.46 bits per heavy atom. The molecular weight excluding hydrogens is 486 g/mol. The summed E-state index contributed by atoms with van der Waals surface area (Å²) in [5.41, 5.74) is 3.38. The van der Waals surface area contributed by atoms with Gasteiger partial charge in [-0.2, -0.15) is 0 Å². The van der Waals surface area contributed by atoms with E-state index >= 15 is 0 Å². The van der Waals surface area contributed by atoms with Crippen LogP contribution in [0.5, 0.6) is 0 Å². The van der Waals surface area contributed by atoms with Crippen LogP contribution in [0.2, 0.25) is 0 Å². The van der Waals surface area contributed by atoms with Crippen molar-refractivity contribution in [2.75, 3.05) is 24.2 Å². The van der Waals surface area contributed by atoms with Gasteiger partial charge in [0, 0.05) is 25.3 Å². The van der Waals surface area contributed by atoms with Gasteiger partial charge in [0.25, 0.3) is 11.8 Å². The molecule has 2 N–H and O–H groups in total. The van der Waals surface area contributed by atoms with Gasteiger partial charge in [0.1, 0.15) is 5.37 Å². The third kappa shape index (κ3) is 6.03. The molecule has 2 heterocycles. The first kappa shape index (κ1) is 25.0. The second kappa shape index (κ2) is 11.6. The van der Waals surface area contributed by atoms with Crippen molar-refractivity contribution in [2.45, 2.75) is 30.9 Å². The summed E-state index contributed by atoms with van der Waals surface area (Å²) in [5, 5.41) is 5.68. The predicted molar refractivity (Wildman–Crippen MR) is 144 cm³/mol. The van der Waals surface area contributed by atoms with Gasteiger partial charge in [0.2, 0.25) is 5.91 Å². The molecule has 0 aromatic heterocycles. The van der Waals surface area contributed by atoms with Crippen LogP contribution in [-0.2, 0) is 16.1 Å². The molecule has 3 aromatic rings. The van der Waals surface area contributed by atoms with Crippen LogP contribution in [0.1, 0.15) is 50.1 Å². The second-order valence-electron chi connectivity index (χ2n) is 9.14. The van der Waals surface area contributed by atoms with E-state index in [1.54, 1.807) is 48.2 Å². The predicted octanol–water partition coefficient (Wildman–Crippen LogP) is 4.62. The molecule has 2 aliphatic rings. The molecule has 7 nitrogen and oxygen atoms in total. The number of carbonyl (C=O) groups excluding carboxylic acids is 3. The van der Waals surface area contributed by atoms with E-state index in [1.165, 1.54) is 0 Å². The lowest BCUT2D eigenvalue weighted by Crippen LogP contribution is -2.32. The number of rotatable bonds is 8. The average Bonchev–Trinajstić information content (AvgIpc) is 3.58. The topological polar surface area (TPSA) is 87.7 Å². The molecule has 2 atom stereocenters. The van der Waals surface area contributed by atoms with Crippen LogP contribution in [0, 0.1) is 0 Å². The monoisotopic (exact) mass is 515 g/mol. The summed E-state index contributed by atoms with van der Waals surface area (Å²) >= 11 is 1.59. The molecule has 37 heavy (non-hydrogen) atoms. The zero-order valence-electron chi connectivity index (χ0n) is 20.4. The minimum absolute atomic E-state index is 0.0427. The summed E-state index contributed by atoms with van der Waals surface area (Å²) in [6.45, 7) is 1.73. The maximum atomic E-state index is 13.0. The summed E-state index contributed by atoms with van der Waals surface area (Å²) in [6, 6.07) is 24.2. The lowest BCUT2D eigenvalue weighted by Gasteiger charge is -2.24. The Morgan fingerprint density at radius 2 is 1.70 bits per heavy atom. The summed E-state index contributed by atoms with van der Waals surface area (Å²) in [5.74, 6) is -0.00806. The molecule has 2 saturated heterocycles. The van der Waals surface area contributed by atoms with Gasteiger partial charge in [-0.1, -0.05) is 54.6 Å². The van der Waals surface area contributed by atoms with Crippen molar-refractivity contribution in [1.82, 2.24) is 10.2 Å². The van der Waals surface area contributed by atoms with Crippen molar-refractivity contribution in [3.05, 3.63) is 101 Å². The number of hydrogen-bond acceptors (Lipinski definition) is 5. The summed E-state index contributed by atoms with van der Waals surface area (Å²) in [4.78, 5) is 40.2. The Kier molecular flexibility index (Phi) is 7.87. The van der Waals surface area contributed by atoms with Gasteiger partial charge in [0.05, 0.1) is 23.1 Å². The molecule has 0 saturated carbocycles. The van der Waals surface area contributed by atoms with E-state index in [9.17, 15) is 14.4 Å². The standard InChI is InChI=1S/C29H29N3O4S/c33-26-19-37-29(32(26)18-20-7-2-1-3-8-20)22-14-12-21(13-15-22)27(34)31-25-11-5-4-10-24(25)28(35)30-17-23-9-6-16-36-23/h1-5,7-8,10-15,23,29H,6,9,16-19H2,(H,30,35)(H,31,34)/t23-,29+/m0/s1. The fourth-order valence-corrected chi connectivity index (χ4v) is 5.76. The van der Waals surface area contributed by atoms with Gasteiger partial charge >= 0.3 is 0 Å². The summed E-state index contributed by atoms with van der Waals surface area (Å²) < 4.78 is 5.57. The Labute approximate surface area is 220 Å². The highest BCUT2D eigenvalue weighted by Crippen LogP contribution is 2.39. The molecule has 0 radical (unpaired) electrons. The quantitative estimate of drug-likeness (QED) is 0.457. The Balaban J connectivity index is 1.24. The molecule has 0 spiro atoms. The van der Waals surface area contributed by atoms with Gasteiger partial charge in [-0.25, -0.2) is 0 Å². The SMILES string of the molecule is O=C(Nc1ccccc1C(=O)NC[C@@H]1CCCO1)c1ccc([C@H]2SCC(=O)N2Cc2ccccc2)cc1. The highest BCUT2D eigenvalue weighted by molar-refractivity contribution is 8.00. The van der Waals surface area contributed by atoms with E-state index in [-0.39, 0.29) is 29.2 Å².